The molecule has 0 amide bonds. The summed E-state index contributed by atoms with van der Waals surface area (Å²) < 4.78 is 0. The predicted octanol–water partition coefficient (Wildman–Crippen LogP) is 4.66. The zero-order valence-electron chi connectivity index (χ0n) is 16.1. The molecule has 0 atom stereocenters. The van der Waals surface area contributed by atoms with Gasteiger partial charge >= 0.3 is 0 Å². The third-order valence-corrected chi connectivity index (χ3v) is 6.73. The van der Waals surface area contributed by atoms with E-state index in [0.29, 0.717) is 23.2 Å². The summed E-state index contributed by atoms with van der Waals surface area (Å²) in [7, 11) is 0. The molecule has 0 saturated carbocycles. The maximum atomic E-state index is 8.78. The van der Waals surface area contributed by atoms with E-state index in [2.05, 4.69) is 33.3 Å². The molecule has 0 aliphatic heterocycles. The van der Waals surface area contributed by atoms with Crippen molar-refractivity contribution in [2.75, 3.05) is 29.2 Å². The Morgan fingerprint density at radius 3 is 2.67 bits per heavy atom. The molecule has 2 aromatic rings. The number of aromatic nitrogens is 3. The molecule has 0 aliphatic carbocycles. The lowest BCUT2D eigenvalue weighted by atomic mass is 10.2. The molecule has 0 aliphatic rings. The number of anilines is 1. The molecule has 0 radical (unpaired) electrons. The molecule has 0 aromatic carbocycles. The minimum absolute atomic E-state index is 0.270. The topological polar surface area (TPSA) is 70.9 Å². The van der Waals surface area contributed by atoms with E-state index < -0.39 is 0 Å². The van der Waals surface area contributed by atoms with Gasteiger partial charge in [-0.25, -0.2) is 9.97 Å². The zero-order valence-corrected chi connectivity index (χ0v) is 18.5. The Morgan fingerprint density at radius 1 is 1.11 bits per heavy atom. The highest BCUT2D eigenvalue weighted by Gasteiger charge is 2.10. The lowest BCUT2D eigenvalue weighted by Gasteiger charge is -2.13. The second-order valence-corrected chi connectivity index (χ2v) is 8.88. The first-order chi connectivity index (χ1) is 13.0. The first kappa shape index (κ1) is 22.3. The molecule has 27 heavy (non-hydrogen) atoms. The van der Waals surface area contributed by atoms with Crippen molar-refractivity contribution in [3.8, 4) is 0 Å². The number of nitrogens with zero attached hydrogens (tertiary/aromatic N) is 3. The minimum Gasteiger partial charge on any atom is -0.396 e. The van der Waals surface area contributed by atoms with E-state index in [4.69, 9.17) is 16.7 Å². The Balaban J connectivity index is 1.89. The summed E-state index contributed by atoms with van der Waals surface area (Å²) >= 11 is 10.00. The van der Waals surface area contributed by atoms with Gasteiger partial charge in [0.25, 0.3) is 0 Å². The van der Waals surface area contributed by atoms with Crippen LogP contribution in [0.3, 0.4) is 0 Å². The molecule has 0 saturated heterocycles. The zero-order chi connectivity index (χ0) is 19.6. The predicted molar refractivity (Wildman–Crippen MR) is 117 cm³/mol. The van der Waals surface area contributed by atoms with Crippen molar-refractivity contribution in [2.45, 2.75) is 45.1 Å². The van der Waals surface area contributed by atoms with Crippen LogP contribution in [0.2, 0.25) is 5.02 Å². The Hall–Kier alpha value is -1.02. The second-order valence-electron chi connectivity index (χ2n) is 6.14. The monoisotopic (exact) mass is 426 g/mol. The van der Waals surface area contributed by atoms with E-state index in [-0.39, 0.29) is 6.61 Å². The van der Waals surface area contributed by atoms with Crippen LogP contribution < -0.4 is 5.32 Å². The maximum Gasteiger partial charge on any atom is 0.149 e. The van der Waals surface area contributed by atoms with E-state index in [1.807, 2.05) is 43.6 Å². The summed E-state index contributed by atoms with van der Waals surface area (Å²) in [5, 5.41) is 12.6. The quantitative estimate of drug-likeness (QED) is 0.400. The van der Waals surface area contributed by atoms with Crippen LogP contribution in [-0.2, 0) is 6.54 Å². The fourth-order valence-electron chi connectivity index (χ4n) is 2.53. The Kier molecular flexibility index (Phi) is 9.68. The SMILES string of the molecule is Cc1nc(C)c(Cl)c(NCc2nccc(SCCCCSCCO)c2C)n1. The highest BCUT2D eigenvalue weighted by Crippen LogP contribution is 2.26. The average Bonchev–Trinajstić information content (AvgIpc) is 2.64. The number of aliphatic hydroxyl groups excluding tert-OH is 1. The summed E-state index contributed by atoms with van der Waals surface area (Å²) in [4.78, 5) is 14.4. The van der Waals surface area contributed by atoms with Crippen molar-refractivity contribution >= 4 is 40.9 Å². The van der Waals surface area contributed by atoms with Crippen molar-refractivity contribution < 1.29 is 5.11 Å². The number of aliphatic hydroxyl groups is 1. The van der Waals surface area contributed by atoms with Gasteiger partial charge in [0.2, 0.25) is 0 Å². The molecule has 0 unspecified atom stereocenters. The van der Waals surface area contributed by atoms with Crippen LogP contribution in [0.5, 0.6) is 0 Å². The Morgan fingerprint density at radius 2 is 1.89 bits per heavy atom. The highest BCUT2D eigenvalue weighted by molar-refractivity contribution is 7.99. The van der Waals surface area contributed by atoms with E-state index in [0.717, 1.165) is 28.6 Å². The summed E-state index contributed by atoms with van der Waals surface area (Å²) in [6, 6.07) is 2.08. The standard InChI is InChI=1S/C19H27ClN4OS2/c1-13-16(12-22-19-18(20)14(2)23-15(3)24-19)21-7-6-17(13)27-10-5-4-9-26-11-8-25/h6-7,25H,4-5,8-12H2,1-3H3,(H,22,23,24). The lowest BCUT2D eigenvalue weighted by molar-refractivity contribution is 0.322. The van der Waals surface area contributed by atoms with Gasteiger partial charge in [-0.2, -0.15) is 11.8 Å². The van der Waals surface area contributed by atoms with Gasteiger partial charge in [0.05, 0.1) is 24.5 Å². The van der Waals surface area contributed by atoms with Gasteiger partial charge in [-0.3, -0.25) is 4.98 Å². The lowest BCUT2D eigenvalue weighted by Crippen LogP contribution is -2.08. The number of aryl methyl sites for hydroxylation is 2. The van der Waals surface area contributed by atoms with Crippen molar-refractivity contribution in [3.63, 3.8) is 0 Å². The number of thioether (sulfide) groups is 2. The van der Waals surface area contributed by atoms with Crippen LogP contribution in [-0.4, -0.2) is 43.9 Å². The van der Waals surface area contributed by atoms with Gasteiger partial charge in [0.1, 0.15) is 16.7 Å². The first-order valence-electron chi connectivity index (χ1n) is 9.03. The fraction of sp³-hybridized carbons (Fsp3) is 0.526. The number of halogens is 1. The minimum atomic E-state index is 0.270. The number of pyridine rings is 1. The summed E-state index contributed by atoms with van der Waals surface area (Å²) in [5.41, 5.74) is 2.98. The summed E-state index contributed by atoms with van der Waals surface area (Å²) in [6.45, 7) is 6.70. The highest BCUT2D eigenvalue weighted by atomic mass is 35.5. The van der Waals surface area contributed by atoms with Crippen molar-refractivity contribution in [1.82, 2.24) is 15.0 Å². The van der Waals surface area contributed by atoms with Crippen LogP contribution in [0, 0.1) is 20.8 Å². The Labute approximate surface area is 175 Å². The fourth-order valence-corrected chi connectivity index (χ4v) is 4.48. The van der Waals surface area contributed by atoms with Crippen molar-refractivity contribution in [3.05, 3.63) is 40.1 Å². The van der Waals surface area contributed by atoms with E-state index in [1.54, 1.807) is 0 Å². The normalized spacial score (nSPS) is 11.0. The molecule has 148 valence electrons. The molecule has 0 fully saturated rings. The Bertz CT molecular complexity index is 746. The maximum absolute atomic E-state index is 8.78. The summed E-state index contributed by atoms with van der Waals surface area (Å²) in [5.74, 6) is 4.40. The second kappa shape index (κ2) is 11.7. The molecule has 8 heteroatoms. The molecule has 2 aromatic heterocycles. The molecule has 0 spiro atoms. The molecular weight excluding hydrogens is 400 g/mol. The van der Waals surface area contributed by atoms with Gasteiger partial charge < -0.3 is 10.4 Å². The molecule has 2 rings (SSSR count). The van der Waals surface area contributed by atoms with Gasteiger partial charge in [0, 0.05) is 16.8 Å². The number of hydrogen-bond acceptors (Lipinski definition) is 7. The van der Waals surface area contributed by atoms with Crippen LogP contribution in [0.1, 0.15) is 35.6 Å². The number of nitrogens with one attached hydrogen (secondary N) is 1. The molecule has 2 heterocycles. The van der Waals surface area contributed by atoms with Crippen LogP contribution in [0.25, 0.3) is 0 Å². The van der Waals surface area contributed by atoms with Gasteiger partial charge in [-0.15, -0.1) is 11.8 Å². The largest absolute Gasteiger partial charge is 0.396 e. The van der Waals surface area contributed by atoms with Crippen molar-refractivity contribution in [1.29, 1.82) is 0 Å². The van der Waals surface area contributed by atoms with Crippen LogP contribution in [0.15, 0.2) is 17.2 Å². The van der Waals surface area contributed by atoms with E-state index in [1.165, 1.54) is 23.3 Å². The molecular formula is C19H27ClN4OS2. The average molecular weight is 427 g/mol. The third-order valence-electron chi connectivity index (χ3n) is 3.99. The molecule has 2 N–H and O–H groups in total. The first-order valence-corrected chi connectivity index (χ1v) is 11.5. The molecule has 0 bridgehead atoms. The third kappa shape index (κ3) is 7.14. The smallest absolute Gasteiger partial charge is 0.149 e. The van der Waals surface area contributed by atoms with Crippen LogP contribution in [0.4, 0.5) is 5.82 Å². The van der Waals surface area contributed by atoms with E-state index >= 15 is 0 Å². The van der Waals surface area contributed by atoms with Gasteiger partial charge in [-0.1, -0.05) is 11.6 Å². The molecule has 5 nitrogen and oxygen atoms in total. The van der Waals surface area contributed by atoms with Crippen LogP contribution >= 0.6 is 35.1 Å². The summed E-state index contributed by atoms with van der Waals surface area (Å²) in [6.07, 6.45) is 4.22. The van der Waals surface area contributed by atoms with Gasteiger partial charge in [0.15, 0.2) is 0 Å². The number of rotatable bonds is 11. The van der Waals surface area contributed by atoms with E-state index in [9.17, 15) is 0 Å². The number of hydrogen-bond donors (Lipinski definition) is 2. The van der Waals surface area contributed by atoms with Crippen molar-refractivity contribution in [2.24, 2.45) is 0 Å². The number of unbranched alkanes of at least 4 members (excludes halogenated alkanes) is 1. The van der Waals surface area contributed by atoms with Gasteiger partial charge in [-0.05, 0) is 56.7 Å².